The van der Waals surface area contributed by atoms with Crippen LogP contribution in [-0.4, -0.2) is 37.2 Å². The Hall–Kier alpha value is -2.89. The summed E-state index contributed by atoms with van der Waals surface area (Å²) in [7, 11) is 0. The first kappa shape index (κ1) is 57.1. The predicted molar refractivity (Wildman–Crippen MR) is 256 cm³/mol. The van der Waals surface area contributed by atoms with Crippen LogP contribution in [0.15, 0.2) is 60.8 Å². The van der Waals surface area contributed by atoms with Crippen LogP contribution in [0.4, 0.5) is 0 Å². The largest absolute Gasteiger partial charge is 0.462 e. The van der Waals surface area contributed by atoms with E-state index in [1.165, 1.54) is 122 Å². The molecule has 0 amide bonds. The molecule has 346 valence electrons. The van der Waals surface area contributed by atoms with Crippen LogP contribution in [0.25, 0.3) is 0 Å². The molecule has 0 aliphatic carbocycles. The van der Waals surface area contributed by atoms with Crippen molar-refractivity contribution < 1.29 is 28.6 Å². The van der Waals surface area contributed by atoms with Gasteiger partial charge in [0.05, 0.1) is 0 Å². The van der Waals surface area contributed by atoms with E-state index >= 15 is 0 Å². The fraction of sp³-hybridized carbons (Fsp3) is 0.759. The molecular formula is C54H94O6. The number of unbranched alkanes of at least 4 members (excludes halogenated alkanes) is 24. The van der Waals surface area contributed by atoms with Crippen molar-refractivity contribution >= 4 is 17.9 Å². The summed E-state index contributed by atoms with van der Waals surface area (Å²) in [4.78, 5) is 37.9. The van der Waals surface area contributed by atoms with Crippen LogP contribution in [0.5, 0.6) is 0 Å². The van der Waals surface area contributed by atoms with E-state index in [1.807, 2.05) is 0 Å². The molecule has 0 aliphatic heterocycles. The Bertz CT molecular complexity index is 1100. The topological polar surface area (TPSA) is 78.9 Å². The van der Waals surface area contributed by atoms with Gasteiger partial charge in [-0.3, -0.25) is 14.4 Å². The Morgan fingerprint density at radius 1 is 0.350 bits per heavy atom. The highest BCUT2D eigenvalue weighted by Gasteiger charge is 2.19. The zero-order chi connectivity index (χ0) is 43.7. The van der Waals surface area contributed by atoms with Crippen molar-refractivity contribution in [3.05, 3.63) is 60.8 Å². The molecule has 6 nitrogen and oxygen atoms in total. The van der Waals surface area contributed by atoms with E-state index in [1.54, 1.807) is 0 Å². The Kier molecular flexibility index (Phi) is 46.4. The second-order valence-electron chi connectivity index (χ2n) is 16.7. The molecule has 0 aromatic carbocycles. The molecule has 0 radical (unpaired) electrons. The van der Waals surface area contributed by atoms with Crippen molar-refractivity contribution in [1.29, 1.82) is 0 Å². The summed E-state index contributed by atoms with van der Waals surface area (Å²) in [6.45, 7) is 6.47. The standard InChI is InChI=1S/C54H94O6/c1-4-7-10-13-16-19-22-24-26-27-29-30-32-35-38-41-44-47-53(56)59-50-51(49-58-52(55)46-43-40-37-34-21-18-15-12-9-6-3)60-54(57)48-45-42-39-36-33-31-28-25-23-20-17-14-11-8-5-2/h7,10,16,19,24,26,29-30,35,38,51H,4-6,8-9,11-15,17-18,20-23,25,27-28,31-34,36-37,39-50H2,1-3H3/b10-7-,19-16-,26-24-,30-29-,38-35-/t51-/m1/s1. The van der Waals surface area contributed by atoms with Gasteiger partial charge in [-0.1, -0.05) is 229 Å². The summed E-state index contributed by atoms with van der Waals surface area (Å²) < 4.78 is 16.7. The number of ether oxygens (including phenoxy) is 3. The Labute approximate surface area is 370 Å². The molecule has 6 heteroatoms. The molecular weight excluding hydrogens is 745 g/mol. The third kappa shape index (κ3) is 46.2. The van der Waals surface area contributed by atoms with Gasteiger partial charge < -0.3 is 14.2 Å². The van der Waals surface area contributed by atoms with E-state index in [9.17, 15) is 14.4 Å². The van der Waals surface area contributed by atoms with E-state index in [-0.39, 0.29) is 37.5 Å². The monoisotopic (exact) mass is 839 g/mol. The average Bonchev–Trinajstić information content (AvgIpc) is 3.24. The molecule has 0 saturated carbocycles. The third-order valence-electron chi connectivity index (χ3n) is 10.8. The number of rotatable bonds is 45. The molecule has 0 bridgehead atoms. The van der Waals surface area contributed by atoms with Gasteiger partial charge in [0.2, 0.25) is 0 Å². The van der Waals surface area contributed by atoms with Crippen LogP contribution < -0.4 is 0 Å². The lowest BCUT2D eigenvalue weighted by Gasteiger charge is -2.18. The van der Waals surface area contributed by atoms with Crippen molar-refractivity contribution in [1.82, 2.24) is 0 Å². The van der Waals surface area contributed by atoms with Gasteiger partial charge in [-0.15, -0.1) is 0 Å². The number of esters is 3. The van der Waals surface area contributed by atoms with E-state index in [0.717, 1.165) is 77.0 Å². The summed E-state index contributed by atoms with van der Waals surface area (Å²) in [5, 5.41) is 0. The van der Waals surface area contributed by atoms with Crippen molar-refractivity contribution in [2.75, 3.05) is 13.2 Å². The first-order valence-corrected chi connectivity index (χ1v) is 25.3. The molecule has 0 aliphatic rings. The van der Waals surface area contributed by atoms with Crippen LogP contribution in [0.3, 0.4) is 0 Å². The molecule has 0 spiro atoms. The molecule has 0 saturated heterocycles. The predicted octanol–water partition coefficient (Wildman–Crippen LogP) is 16.5. The van der Waals surface area contributed by atoms with Crippen LogP contribution in [0.1, 0.15) is 245 Å². The summed E-state index contributed by atoms with van der Waals surface area (Å²) in [6, 6.07) is 0. The molecule has 0 heterocycles. The highest BCUT2D eigenvalue weighted by molar-refractivity contribution is 5.71. The van der Waals surface area contributed by atoms with Crippen LogP contribution in [-0.2, 0) is 28.6 Å². The molecule has 1 atom stereocenters. The SMILES string of the molecule is CC/C=C\C/C=C\C/C=C\C/C=C\C/C=C\CCCC(=O)OC[C@@H](COC(=O)CCCCCCCCCCCC)OC(=O)CCCCCCCCCCCCCCCCC. The summed E-state index contributed by atoms with van der Waals surface area (Å²) in [5.74, 6) is -0.946. The van der Waals surface area contributed by atoms with Gasteiger partial charge in [0, 0.05) is 19.3 Å². The quantitative estimate of drug-likeness (QED) is 0.0263. The van der Waals surface area contributed by atoms with Gasteiger partial charge >= 0.3 is 17.9 Å². The second kappa shape index (κ2) is 48.8. The van der Waals surface area contributed by atoms with Crippen molar-refractivity contribution in [3.8, 4) is 0 Å². The lowest BCUT2D eigenvalue weighted by molar-refractivity contribution is -0.167. The number of hydrogen-bond donors (Lipinski definition) is 0. The molecule has 0 rings (SSSR count). The van der Waals surface area contributed by atoms with Gasteiger partial charge in [-0.05, 0) is 57.8 Å². The first-order chi connectivity index (χ1) is 29.5. The molecule has 0 N–H and O–H groups in total. The number of allylic oxidation sites excluding steroid dienone is 10. The van der Waals surface area contributed by atoms with Crippen molar-refractivity contribution in [2.45, 2.75) is 252 Å². The molecule has 0 fully saturated rings. The number of carbonyl (C=O) groups excluding carboxylic acids is 3. The lowest BCUT2D eigenvalue weighted by Crippen LogP contribution is -2.30. The van der Waals surface area contributed by atoms with Gasteiger partial charge in [0.15, 0.2) is 6.10 Å². The normalized spacial score (nSPS) is 12.5. The molecule has 0 aromatic rings. The third-order valence-corrected chi connectivity index (χ3v) is 10.8. The Morgan fingerprint density at radius 3 is 1.02 bits per heavy atom. The van der Waals surface area contributed by atoms with E-state index in [0.29, 0.717) is 19.3 Å². The Balaban J connectivity index is 4.43. The molecule has 0 aromatic heterocycles. The first-order valence-electron chi connectivity index (χ1n) is 25.3. The summed E-state index contributed by atoms with van der Waals surface area (Å²) in [6.07, 6.45) is 59.2. The molecule has 0 unspecified atom stereocenters. The Morgan fingerprint density at radius 2 is 0.650 bits per heavy atom. The fourth-order valence-electron chi connectivity index (χ4n) is 7.01. The van der Waals surface area contributed by atoms with Crippen LogP contribution in [0.2, 0.25) is 0 Å². The number of hydrogen-bond acceptors (Lipinski definition) is 6. The van der Waals surface area contributed by atoms with E-state index in [4.69, 9.17) is 14.2 Å². The van der Waals surface area contributed by atoms with Crippen LogP contribution >= 0.6 is 0 Å². The van der Waals surface area contributed by atoms with E-state index in [2.05, 4.69) is 81.5 Å². The second-order valence-corrected chi connectivity index (χ2v) is 16.7. The highest BCUT2D eigenvalue weighted by Crippen LogP contribution is 2.15. The van der Waals surface area contributed by atoms with Gasteiger partial charge in [-0.25, -0.2) is 0 Å². The van der Waals surface area contributed by atoms with Crippen molar-refractivity contribution in [3.63, 3.8) is 0 Å². The summed E-state index contributed by atoms with van der Waals surface area (Å²) in [5.41, 5.74) is 0. The summed E-state index contributed by atoms with van der Waals surface area (Å²) >= 11 is 0. The van der Waals surface area contributed by atoms with Gasteiger partial charge in [0.1, 0.15) is 13.2 Å². The lowest BCUT2D eigenvalue weighted by atomic mass is 10.0. The smallest absolute Gasteiger partial charge is 0.306 e. The van der Waals surface area contributed by atoms with E-state index < -0.39 is 6.10 Å². The zero-order valence-corrected chi connectivity index (χ0v) is 39.5. The zero-order valence-electron chi connectivity index (χ0n) is 39.5. The van der Waals surface area contributed by atoms with Crippen molar-refractivity contribution in [2.24, 2.45) is 0 Å². The minimum Gasteiger partial charge on any atom is -0.462 e. The van der Waals surface area contributed by atoms with Gasteiger partial charge in [0.25, 0.3) is 0 Å². The van der Waals surface area contributed by atoms with Crippen LogP contribution in [0, 0.1) is 0 Å². The maximum atomic E-state index is 12.8. The molecule has 60 heavy (non-hydrogen) atoms. The van der Waals surface area contributed by atoms with Gasteiger partial charge in [-0.2, -0.15) is 0 Å². The maximum absolute atomic E-state index is 12.8. The number of carbonyl (C=O) groups is 3. The highest BCUT2D eigenvalue weighted by atomic mass is 16.6. The average molecular weight is 839 g/mol. The minimum absolute atomic E-state index is 0.0888. The fourth-order valence-corrected chi connectivity index (χ4v) is 7.01. The maximum Gasteiger partial charge on any atom is 0.306 e. The minimum atomic E-state index is -0.791.